The van der Waals surface area contributed by atoms with Crippen LogP contribution in [-0.4, -0.2) is 17.6 Å². The lowest BCUT2D eigenvalue weighted by Crippen LogP contribution is -2.24. The molecule has 2 rings (SSSR count). The third kappa shape index (κ3) is 3.82. The van der Waals surface area contributed by atoms with Gasteiger partial charge in [-0.2, -0.15) is 0 Å². The molecule has 0 saturated carbocycles. The fourth-order valence-corrected chi connectivity index (χ4v) is 2.47. The molecule has 21 heavy (non-hydrogen) atoms. The van der Waals surface area contributed by atoms with Crippen LogP contribution in [0.4, 0.5) is 0 Å². The molecule has 0 radical (unpaired) electrons. The van der Waals surface area contributed by atoms with Crippen LogP contribution in [0.3, 0.4) is 0 Å². The number of hydrogen-bond acceptors (Lipinski definition) is 3. The fraction of sp³-hybridized carbons (Fsp3) is 0.389. The number of ether oxygens (including phenoxy) is 1. The van der Waals surface area contributed by atoms with Gasteiger partial charge in [-0.15, -0.1) is 0 Å². The highest BCUT2D eigenvalue weighted by molar-refractivity contribution is 5.42. The highest BCUT2D eigenvalue weighted by Gasteiger charge is 2.19. The predicted molar refractivity (Wildman–Crippen MR) is 86.7 cm³/mol. The van der Waals surface area contributed by atoms with Crippen LogP contribution in [0.1, 0.15) is 43.6 Å². The van der Waals surface area contributed by atoms with E-state index in [0.29, 0.717) is 0 Å². The minimum atomic E-state index is 0.0960. The van der Waals surface area contributed by atoms with Gasteiger partial charge in [0.15, 0.2) is 0 Å². The molecule has 0 saturated heterocycles. The zero-order chi connectivity index (χ0) is 15.2. The number of pyridine rings is 1. The Morgan fingerprint density at radius 3 is 2.48 bits per heavy atom. The molecule has 112 valence electrons. The number of nitrogens with one attached hydrogen (secondary N) is 1. The van der Waals surface area contributed by atoms with Crippen LogP contribution >= 0.6 is 0 Å². The number of para-hydroxylation sites is 1. The molecule has 3 nitrogen and oxygen atoms in total. The molecule has 1 atom stereocenters. The maximum atomic E-state index is 5.97. The molecule has 0 aliphatic rings. The van der Waals surface area contributed by atoms with Gasteiger partial charge in [0.25, 0.3) is 0 Å². The Bertz CT molecular complexity index is 581. The summed E-state index contributed by atoms with van der Waals surface area (Å²) < 4.78 is 5.97. The van der Waals surface area contributed by atoms with Gasteiger partial charge in [0.1, 0.15) is 5.75 Å². The van der Waals surface area contributed by atoms with Crippen molar-refractivity contribution >= 4 is 0 Å². The highest BCUT2D eigenvalue weighted by Crippen LogP contribution is 2.31. The molecular weight excluding hydrogens is 260 g/mol. The van der Waals surface area contributed by atoms with Gasteiger partial charge in [-0.25, -0.2) is 0 Å². The summed E-state index contributed by atoms with van der Waals surface area (Å²) in [5, 5.41) is 3.55. The number of aromatic nitrogens is 1. The lowest BCUT2D eigenvalue weighted by Gasteiger charge is -2.23. The summed E-state index contributed by atoms with van der Waals surface area (Å²) in [7, 11) is 0. The van der Waals surface area contributed by atoms with E-state index in [0.717, 1.165) is 23.6 Å². The smallest absolute Gasteiger partial charge is 0.124 e. The molecule has 1 aromatic heterocycles. The summed E-state index contributed by atoms with van der Waals surface area (Å²) in [6, 6.07) is 12.4. The van der Waals surface area contributed by atoms with E-state index in [1.165, 1.54) is 5.56 Å². The van der Waals surface area contributed by atoms with Gasteiger partial charge >= 0.3 is 0 Å². The van der Waals surface area contributed by atoms with Crippen molar-refractivity contribution in [3.05, 3.63) is 59.4 Å². The summed E-state index contributed by atoms with van der Waals surface area (Å²) in [6.45, 7) is 9.15. The summed E-state index contributed by atoms with van der Waals surface area (Å²) in [6.07, 6.45) is 1.99. The first-order valence-electron chi connectivity index (χ1n) is 7.54. The van der Waals surface area contributed by atoms with Crippen molar-refractivity contribution in [2.24, 2.45) is 0 Å². The lowest BCUT2D eigenvalue weighted by molar-refractivity contribution is 0.238. The lowest BCUT2D eigenvalue weighted by atomic mass is 9.96. The van der Waals surface area contributed by atoms with Gasteiger partial charge < -0.3 is 10.1 Å². The zero-order valence-electron chi connectivity index (χ0n) is 13.3. The average Bonchev–Trinajstić information content (AvgIpc) is 2.46. The number of aryl methyl sites for hydroxylation is 1. The van der Waals surface area contributed by atoms with E-state index in [4.69, 9.17) is 4.74 Å². The molecule has 1 aromatic carbocycles. The standard InChI is InChI=1S/C18H24N2O/c1-5-19-18(15-10-8-12-20-14(15)4)16-9-6-7-11-17(16)21-13(2)3/h6-13,18-19H,5H2,1-4H3. The first kappa shape index (κ1) is 15.5. The van der Waals surface area contributed by atoms with Crippen LogP contribution in [-0.2, 0) is 0 Å². The molecule has 0 spiro atoms. The fourth-order valence-electron chi connectivity index (χ4n) is 2.47. The maximum absolute atomic E-state index is 5.97. The molecule has 1 unspecified atom stereocenters. The van der Waals surface area contributed by atoms with Crippen molar-refractivity contribution in [1.82, 2.24) is 10.3 Å². The molecular formula is C18H24N2O. The number of nitrogens with zero attached hydrogens (tertiary/aromatic N) is 1. The SMILES string of the molecule is CCNC(c1ccccc1OC(C)C)c1cccnc1C. The second-order valence-electron chi connectivity index (χ2n) is 5.37. The molecule has 0 bridgehead atoms. The van der Waals surface area contributed by atoms with Crippen LogP contribution in [0.5, 0.6) is 5.75 Å². The van der Waals surface area contributed by atoms with E-state index in [-0.39, 0.29) is 12.1 Å². The predicted octanol–water partition coefficient (Wildman–Crippen LogP) is 3.88. The van der Waals surface area contributed by atoms with Crippen LogP contribution in [0.2, 0.25) is 0 Å². The van der Waals surface area contributed by atoms with Gasteiger partial charge in [-0.1, -0.05) is 31.2 Å². The van der Waals surface area contributed by atoms with E-state index in [1.54, 1.807) is 0 Å². The van der Waals surface area contributed by atoms with Crippen LogP contribution in [0.25, 0.3) is 0 Å². The first-order chi connectivity index (χ1) is 10.1. The van der Waals surface area contributed by atoms with Crippen LogP contribution in [0, 0.1) is 6.92 Å². The molecule has 1 heterocycles. The molecule has 0 aliphatic heterocycles. The van der Waals surface area contributed by atoms with E-state index in [9.17, 15) is 0 Å². The largest absolute Gasteiger partial charge is 0.491 e. The second-order valence-corrected chi connectivity index (χ2v) is 5.37. The summed E-state index contributed by atoms with van der Waals surface area (Å²) >= 11 is 0. The van der Waals surface area contributed by atoms with Crippen molar-refractivity contribution in [1.29, 1.82) is 0 Å². The third-order valence-electron chi connectivity index (χ3n) is 3.36. The Hall–Kier alpha value is -1.87. The molecule has 0 fully saturated rings. The third-order valence-corrected chi connectivity index (χ3v) is 3.36. The summed E-state index contributed by atoms with van der Waals surface area (Å²) in [4.78, 5) is 4.42. The number of rotatable bonds is 6. The second kappa shape index (κ2) is 7.23. The maximum Gasteiger partial charge on any atom is 0.124 e. The monoisotopic (exact) mass is 284 g/mol. The summed E-state index contributed by atoms with van der Waals surface area (Å²) in [5.41, 5.74) is 3.39. The molecule has 0 aliphatic carbocycles. The van der Waals surface area contributed by atoms with Crippen molar-refractivity contribution in [3.8, 4) is 5.75 Å². The topological polar surface area (TPSA) is 34.1 Å². The van der Waals surface area contributed by atoms with Gasteiger partial charge in [-0.05, 0) is 45.0 Å². The number of benzene rings is 1. The van der Waals surface area contributed by atoms with Crippen LogP contribution in [0.15, 0.2) is 42.6 Å². The summed E-state index contributed by atoms with van der Waals surface area (Å²) in [5.74, 6) is 0.932. The zero-order valence-corrected chi connectivity index (χ0v) is 13.3. The minimum Gasteiger partial charge on any atom is -0.491 e. The minimum absolute atomic E-state index is 0.0960. The molecule has 0 amide bonds. The Labute approximate surface area is 127 Å². The van der Waals surface area contributed by atoms with Crippen molar-refractivity contribution in [2.75, 3.05) is 6.54 Å². The Kier molecular flexibility index (Phi) is 5.34. The van der Waals surface area contributed by atoms with E-state index >= 15 is 0 Å². The van der Waals surface area contributed by atoms with Gasteiger partial charge in [0.05, 0.1) is 12.1 Å². The molecule has 1 N–H and O–H groups in total. The highest BCUT2D eigenvalue weighted by atomic mass is 16.5. The Morgan fingerprint density at radius 1 is 1.10 bits per heavy atom. The van der Waals surface area contributed by atoms with Crippen molar-refractivity contribution < 1.29 is 4.74 Å². The normalized spacial score (nSPS) is 12.4. The Morgan fingerprint density at radius 2 is 1.81 bits per heavy atom. The first-order valence-corrected chi connectivity index (χ1v) is 7.54. The van der Waals surface area contributed by atoms with Crippen molar-refractivity contribution in [3.63, 3.8) is 0 Å². The Balaban J connectivity index is 2.46. The van der Waals surface area contributed by atoms with Gasteiger partial charge in [0.2, 0.25) is 0 Å². The van der Waals surface area contributed by atoms with Gasteiger partial charge in [-0.3, -0.25) is 4.98 Å². The van der Waals surface area contributed by atoms with E-state index < -0.39 is 0 Å². The average molecular weight is 284 g/mol. The molecule has 2 aromatic rings. The van der Waals surface area contributed by atoms with Gasteiger partial charge in [0, 0.05) is 17.5 Å². The van der Waals surface area contributed by atoms with Crippen molar-refractivity contribution in [2.45, 2.75) is 39.8 Å². The number of hydrogen-bond donors (Lipinski definition) is 1. The van der Waals surface area contributed by atoms with Crippen LogP contribution < -0.4 is 10.1 Å². The van der Waals surface area contributed by atoms with E-state index in [2.05, 4.69) is 35.4 Å². The molecule has 3 heteroatoms. The quantitative estimate of drug-likeness (QED) is 0.874. The van der Waals surface area contributed by atoms with E-state index in [1.807, 2.05) is 45.2 Å².